The molecule has 0 saturated heterocycles. The van der Waals surface area contributed by atoms with E-state index in [9.17, 15) is 4.79 Å². The van der Waals surface area contributed by atoms with Crippen LogP contribution in [0.4, 0.5) is 0 Å². The van der Waals surface area contributed by atoms with Crippen LogP contribution in [0.15, 0.2) is 11.3 Å². The van der Waals surface area contributed by atoms with Gasteiger partial charge in [-0.1, -0.05) is 6.92 Å². The largest absolute Gasteiger partial charge is 0.512 e. The van der Waals surface area contributed by atoms with Crippen LogP contribution in [0.25, 0.3) is 0 Å². The fourth-order valence-electron chi connectivity index (χ4n) is 0.584. The van der Waals surface area contributed by atoms with Crippen LogP contribution in [0.1, 0.15) is 20.3 Å². The fourth-order valence-corrected chi connectivity index (χ4v) is 0.584. The summed E-state index contributed by atoms with van der Waals surface area (Å²) < 4.78 is 0. The zero-order chi connectivity index (χ0) is 8.15. The number of nitrogens with one attached hydrogen (secondary N) is 1. The van der Waals surface area contributed by atoms with Crippen molar-refractivity contribution in [1.29, 1.82) is 0 Å². The van der Waals surface area contributed by atoms with E-state index in [2.05, 4.69) is 5.32 Å². The molecule has 58 valence electrons. The van der Waals surface area contributed by atoms with E-state index in [1.54, 1.807) is 13.8 Å². The minimum Gasteiger partial charge on any atom is -0.512 e. The Balaban J connectivity index is 4.30. The summed E-state index contributed by atoms with van der Waals surface area (Å²) in [6.07, 6.45) is 0.499. The standard InChI is InChI=1S/C7H13NO2/c1-4-6(9)5(2)7(10)8-3/h9H,4H2,1-3H3,(H,8,10)/b6-5+. The van der Waals surface area contributed by atoms with Crippen molar-refractivity contribution in [2.24, 2.45) is 0 Å². The average molecular weight is 143 g/mol. The highest BCUT2D eigenvalue weighted by atomic mass is 16.3. The lowest BCUT2D eigenvalue weighted by Gasteiger charge is -2.01. The van der Waals surface area contributed by atoms with Crippen molar-refractivity contribution in [2.45, 2.75) is 20.3 Å². The Kier molecular flexibility index (Phi) is 3.54. The Morgan fingerprint density at radius 1 is 1.60 bits per heavy atom. The quantitative estimate of drug-likeness (QED) is 0.447. The molecule has 0 atom stereocenters. The summed E-state index contributed by atoms with van der Waals surface area (Å²) in [5, 5.41) is 11.5. The van der Waals surface area contributed by atoms with E-state index in [1.165, 1.54) is 7.05 Å². The minimum absolute atomic E-state index is 0.152. The molecule has 3 nitrogen and oxygen atoms in total. The second-order valence-electron chi connectivity index (χ2n) is 2.00. The van der Waals surface area contributed by atoms with Crippen LogP contribution in [0.5, 0.6) is 0 Å². The molecule has 10 heavy (non-hydrogen) atoms. The molecule has 0 saturated carbocycles. The molecular formula is C7H13NO2. The smallest absolute Gasteiger partial charge is 0.250 e. The molecule has 0 bridgehead atoms. The second-order valence-corrected chi connectivity index (χ2v) is 2.00. The van der Waals surface area contributed by atoms with Crippen LogP contribution in [0, 0.1) is 0 Å². The number of amides is 1. The second kappa shape index (κ2) is 3.93. The zero-order valence-corrected chi connectivity index (χ0v) is 6.56. The molecule has 2 N–H and O–H groups in total. The number of allylic oxidation sites excluding steroid dienone is 1. The van der Waals surface area contributed by atoms with Crippen LogP contribution in [-0.2, 0) is 4.79 Å². The van der Waals surface area contributed by atoms with E-state index in [1.807, 2.05) is 0 Å². The van der Waals surface area contributed by atoms with Crippen molar-refractivity contribution in [3.8, 4) is 0 Å². The Morgan fingerprint density at radius 2 is 2.10 bits per heavy atom. The SMILES string of the molecule is CC/C(O)=C(/C)C(=O)NC. The Hall–Kier alpha value is -0.990. The summed E-state index contributed by atoms with van der Waals surface area (Å²) in [4.78, 5) is 10.8. The Labute approximate surface area is 60.7 Å². The molecule has 0 aliphatic carbocycles. The molecule has 0 aromatic carbocycles. The molecular weight excluding hydrogens is 130 g/mol. The Morgan fingerprint density at radius 3 is 2.40 bits per heavy atom. The van der Waals surface area contributed by atoms with Crippen LogP contribution in [-0.4, -0.2) is 18.1 Å². The summed E-state index contributed by atoms with van der Waals surface area (Å²) in [5.41, 5.74) is 0.394. The normalized spacial score (nSPS) is 12.3. The van der Waals surface area contributed by atoms with Gasteiger partial charge in [0.15, 0.2) is 0 Å². The van der Waals surface area contributed by atoms with Crippen LogP contribution < -0.4 is 5.32 Å². The van der Waals surface area contributed by atoms with Crippen molar-refractivity contribution >= 4 is 5.91 Å². The first kappa shape index (κ1) is 9.01. The molecule has 0 aromatic rings. The van der Waals surface area contributed by atoms with E-state index in [4.69, 9.17) is 5.11 Å². The van der Waals surface area contributed by atoms with E-state index in [-0.39, 0.29) is 11.7 Å². The number of carbonyl (C=O) groups excluding carboxylic acids is 1. The summed E-state index contributed by atoms with van der Waals surface area (Å²) in [6.45, 7) is 3.39. The molecule has 0 heterocycles. The maximum absolute atomic E-state index is 10.8. The average Bonchev–Trinajstić information content (AvgIpc) is 2.00. The van der Waals surface area contributed by atoms with Gasteiger partial charge >= 0.3 is 0 Å². The van der Waals surface area contributed by atoms with Gasteiger partial charge in [0.25, 0.3) is 0 Å². The first-order valence-corrected chi connectivity index (χ1v) is 3.24. The molecule has 0 aromatic heterocycles. The van der Waals surface area contributed by atoms with Gasteiger partial charge in [-0.2, -0.15) is 0 Å². The molecule has 0 fully saturated rings. The van der Waals surface area contributed by atoms with Gasteiger partial charge in [0, 0.05) is 13.5 Å². The third kappa shape index (κ3) is 2.09. The first-order valence-electron chi connectivity index (χ1n) is 3.24. The molecule has 0 rings (SSSR count). The predicted molar refractivity (Wildman–Crippen MR) is 39.7 cm³/mol. The summed E-state index contributed by atoms with van der Waals surface area (Å²) in [5.74, 6) is -0.0706. The molecule has 0 radical (unpaired) electrons. The highest BCUT2D eigenvalue weighted by Crippen LogP contribution is 2.03. The lowest BCUT2D eigenvalue weighted by Crippen LogP contribution is -2.19. The number of likely N-dealkylation sites (N-methyl/N-ethyl adjacent to an activating group) is 1. The maximum atomic E-state index is 10.8. The van der Waals surface area contributed by atoms with Gasteiger partial charge in [-0.15, -0.1) is 0 Å². The predicted octanol–water partition coefficient (Wildman–Crippen LogP) is 0.974. The van der Waals surface area contributed by atoms with Crippen LogP contribution in [0.3, 0.4) is 0 Å². The van der Waals surface area contributed by atoms with E-state index < -0.39 is 0 Å². The van der Waals surface area contributed by atoms with Gasteiger partial charge in [0.05, 0.1) is 5.57 Å². The topological polar surface area (TPSA) is 49.3 Å². The lowest BCUT2D eigenvalue weighted by molar-refractivity contribution is -0.117. The molecule has 0 aliphatic heterocycles. The minimum atomic E-state index is -0.223. The van der Waals surface area contributed by atoms with Gasteiger partial charge in [-0.3, -0.25) is 4.79 Å². The van der Waals surface area contributed by atoms with Gasteiger partial charge < -0.3 is 10.4 Å². The van der Waals surface area contributed by atoms with E-state index in [0.29, 0.717) is 12.0 Å². The number of aliphatic hydroxyl groups is 1. The van der Waals surface area contributed by atoms with Crippen molar-refractivity contribution in [3.05, 3.63) is 11.3 Å². The first-order chi connectivity index (χ1) is 4.63. The molecule has 3 heteroatoms. The van der Waals surface area contributed by atoms with Crippen molar-refractivity contribution in [2.75, 3.05) is 7.05 Å². The van der Waals surface area contributed by atoms with Crippen molar-refractivity contribution in [1.82, 2.24) is 5.32 Å². The fraction of sp³-hybridized carbons (Fsp3) is 0.571. The monoisotopic (exact) mass is 143 g/mol. The van der Waals surface area contributed by atoms with Gasteiger partial charge in [0.1, 0.15) is 5.76 Å². The van der Waals surface area contributed by atoms with E-state index >= 15 is 0 Å². The lowest BCUT2D eigenvalue weighted by atomic mass is 10.2. The number of carbonyl (C=O) groups is 1. The van der Waals surface area contributed by atoms with Gasteiger partial charge in [0.2, 0.25) is 5.91 Å². The zero-order valence-electron chi connectivity index (χ0n) is 6.56. The van der Waals surface area contributed by atoms with Gasteiger partial charge in [-0.05, 0) is 6.92 Å². The maximum Gasteiger partial charge on any atom is 0.250 e. The molecule has 1 amide bonds. The third-order valence-corrected chi connectivity index (χ3v) is 1.34. The van der Waals surface area contributed by atoms with E-state index in [0.717, 1.165) is 0 Å². The highest BCUT2D eigenvalue weighted by Gasteiger charge is 2.04. The number of hydrogen-bond donors (Lipinski definition) is 2. The number of aliphatic hydroxyl groups excluding tert-OH is 1. The molecule has 0 spiro atoms. The summed E-state index contributed by atoms with van der Waals surface area (Å²) >= 11 is 0. The van der Waals surface area contributed by atoms with Crippen molar-refractivity contribution < 1.29 is 9.90 Å². The number of rotatable bonds is 2. The Bertz CT molecular complexity index is 161. The number of hydrogen-bond acceptors (Lipinski definition) is 2. The molecule has 0 unspecified atom stereocenters. The highest BCUT2D eigenvalue weighted by molar-refractivity contribution is 5.92. The third-order valence-electron chi connectivity index (χ3n) is 1.34. The summed E-state index contributed by atoms with van der Waals surface area (Å²) in [7, 11) is 1.54. The molecule has 0 aliphatic rings. The van der Waals surface area contributed by atoms with Gasteiger partial charge in [-0.25, -0.2) is 0 Å². The van der Waals surface area contributed by atoms with Crippen molar-refractivity contribution in [3.63, 3.8) is 0 Å². The van der Waals surface area contributed by atoms with Crippen LogP contribution >= 0.6 is 0 Å². The van der Waals surface area contributed by atoms with Crippen LogP contribution in [0.2, 0.25) is 0 Å². The summed E-state index contributed by atoms with van der Waals surface area (Å²) in [6, 6.07) is 0.